The number of hydrogen-bond donors (Lipinski definition) is 1. The lowest BCUT2D eigenvalue weighted by atomic mass is 10.0. The monoisotopic (exact) mass is 314 g/mol. The Kier molecular flexibility index (Phi) is 3.35. The highest BCUT2D eigenvalue weighted by Crippen LogP contribution is 2.44. The number of rotatable bonds is 2. The number of fused-ring (bicyclic) bond motifs is 1. The van der Waals surface area contributed by atoms with Crippen LogP contribution in [0.5, 0.6) is 5.75 Å². The lowest BCUT2D eigenvalue weighted by molar-refractivity contribution is 0.483. The maximum Gasteiger partial charge on any atom is 0.151 e. The zero-order chi connectivity index (χ0) is 16.7. The van der Waals surface area contributed by atoms with Crippen molar-refractivity contribution in [3.05, 3.63) is 78.2 Å². The van der Waals surface area contributed by atoms with E-state index in [4.69, 9.17) is 0 Å². The number of hydrogen-bond acceptors (Lipinski definition) is 2. The van der Waals surface area contributed by atoms with E-state index in [-0.39, 0.29) is 5.75 Å². The minimum absolute atomic E-state index is 0.282. The molecule has 0 amide bonds. The summed E-state index contributed by atoms with van der Waals surface area (Å²) >= 11 is 0. The van der Waals surface area contributed by atoms with Crippen molar-refractivity contribution < 1.29 is 5.11 Å². The summed E-state index contributed by atoms with van der Waals surface area (Å²) in [5, 5.41) is 11.0. The zero-order valence-corrected chi connectivity index (χ0v) is 13.7. The van der Waals surface area contributed by atoms with Gasteiger partial charge in [0.2, 0.25) is 0 Å². The van der Waals surface area contributed by atoms with Crippen molar-refractivity contribution in [1.82, 2.24) is 9.38 Å². The molecule has 0 aliphatic heterocycles. The first-order chi connectivity index (χ1) is 11.7. The summed E-state index contributed by atoms with van der Waals surface area (Å²) in [7, 11) is 0. The van der Waals surface area contributed by atoms with Crippen LogP contribution in [0.1, 0.15) is 11.4 Å². The summed E-state index contributed by atoms with van der Waals surface area (Å²) in [6.45, 7) is 3.91. The molecule has 0 aliphatic carbocycles. The zero-order valence-electron chi connectivity index (χ0n) is 13.7. The maximum atomic E-state index is 11.0. The van der Waals surface area contributed by atoms with Crippen molar-refractivity contribution in [2.75, 3.05) is 0 Å². The van der Waals surface area contributed by atoms with Crippen LogP contribution in [-0.2, 0) is 0 Å². The lowest BCUT2D eigenvalue weighted by Gasteiger charge is -2.08. The lowest BCUT2D eigenvalue weighted by Crippen LogP contribution is -1.96. The quantitative estimate of drug-likeness (QED) is 0.566. The van der Waals surface area contributed by atoms with Gasteiger partial charge in [-0.25, -0.2) is 0 Å². The third-order valence-corrected chi connectivity index (χ3v) is 4.29. The molecular weight excluding hydrogens is 296 g/mol. The second-order valence-electron chi connectivity index (χ2n) is 5.99. The standard InChI is InChI=1S/C21H18N2O/c1-14-13-23-19(15(2)22-14)21(24)18(16-9-5-3-6-10-16)20(23)17-11-7-4-8-12-17/h3-13,24H,1-2H3. The van der Waals surface area contributed by atoms with Crippen molar-refractivity contribution in [2.45, 2.75) is 13.8 Å². The van der Waals surface area contributed by atoms with E-state index in [1.807, 2.05) is 68.6 Å². The van der Waals surface area contributed by atoms with Crippen LogP contribution in [0.2, 0.25) is 0 Å². The molecule has 0 saturated heterocycles. The number of aromatic hydroxyl groups is 1. The predicted molar refractivity (Wildman–Crippen MR) is 97.2 cm³/mol. The van der Waals surface area contributed by atoms with Crippen molar-refractivity contribution in [1.29, 1.82) is 0 Å². The molecule has 0 fully saturated rings. The van der Waals surface area contributed by atoms with E-state index in [0.717, 1.165) is 39.3 Å². The highest BCUT2D eigenvalue weighted by atomic mass is 16.3. The first kappa shape index (κ1) is 14.5. The molecule has 4 aromatic rings. The summed E-state index contributed by atoms with van der Waals surface area (Å²) < 4.78 is 2.06. The number of benzene rings is 2. The average molecular weight is 314 g/mol. The molecule has 1 N–H and O–H groups in total. The average Bonchev–Trinajstić information content (AvgIpc) is 2.89. The maximum absolute atomic E-state index is 11.0. The molecule has 24 heavy (non-hydrogen) atoms. The molecule has 0 spiro atoms. The van der Waals surface area contributed by atoms with Crippen LogP contribution in [0, 0.1) is 13.8 Å². The normalized spacial score (nSPS) is 11.1. The molecule has 0 bridgehead atoms. The molecule has 2 aromatic carbocycles. The van der Waals surface area contributed by atoms with E-state index in [9.17, 15) is 5.11 Å². The van der Waals surface area contributed by atoms with Gasteiger partial charge >= 0.3 is 0 Å². The van der Waals surface area contributed by atoms with Crippen LogP contribution >= 0.6 is 0 Å². The fourth-order valence-corrected chi connectivity index (χ4v) is 3.34. The van der Waals surface area contributed by atoms with Gasteiger partial charge in [0.05, 0.1) is 22.6 Å². The summed E-state index contributed by atoms with van der Waals surface area (Å²) in [6, 6.07) is 20.2. The Bertz CT molecular complexity index is 1020. The predicted octanol–water partition coefficient (Wildman–Crippen LogP) is 4.99. The molecule has 0 unspecified atom stereocenters. The molecule has 3 nitrogen and oxygen atoms in total. The van der Waals surface area contributed by atoms with Gasteiger partial charge in [-0.05, 0) is 25.0 Å². The highest BCUT2D eigenvalue weighted by molar-refractivity contribution is 5.94. The summed E-state index contributed by atoms with van der Waals surface area (Å²) in [5.41, 5.74) is 6.41. The van der Waals surface area contributed by atoms with Gasteiger partial charge in [0.15, 0.2) is 5.75 Å². The van der Waals surface area contributed by atoms with E-state index in [1.54, 1.807) is 0 Å². The van der Waals surface area contributed by atoms with E-state index < -0.39 is 0 Å². The smallest absolute Gasteiger partial charge is 0.151 e. The minimum Gasteiger partial charge on any atom is -0.505 e. The van der Waals surface area contributed by atoms with Crippen molar-refractivity contribution in [2.24, 2.45) is 0 Å². The van der Waals surface area contributed by atoms with Crippen LogP contribution < -0.4 is 0 Å². The van der Waals surface area contributed by atoms with Crippen molar-refractivity contribution >= 4 is 5.52 Å². The van der Waals surface area contributed by atoms with Gasteiger partial charge in [0.1, 0.15) is 5.52 Å². The van der Waals surface area contributed by atoms with Gasteiger partial charge in [0.25, 0.3) is 0 Å². The molecule has 0 aliphatic rings. The summed E-state index contributed by atoms with van der Waals surface area (Å²) in [5.74, 6) is 0.282. The van der Waals surface area contributed by atoms with Gasteiger partial charge < -0.3 is 9.51 Å². The Morgan fingerprint density at radius 1 is 0.833 bits per heavy atom. The second kappa shape index (κ2) is 5.53. The van der Waals surface area contributed by atoms with E-state index in [1.165, 1.54) is 0 Å². The molecular formula is C21H18N2O. The summed E-state index contributed by atoms with van der Waals surface area (Å²) in [6.07, 6.45) is 1.98. The first-order valence-corrected chi connectivity index (χ1v) is 7.99. The number of aromatic nitrogens is 2. The van der Waals surface area contributed by atoms with Gasteiger partial charge in [-0.2, -0.15) is 0 Å². The van der Waals surface area contributed by atoms with Crippen LogP contribution in [0.3, 0.4) is 0 Å². The largest absolute Gasteiger partial charge is 0.505 e. The van der Waals surface area contributed by atoms with Crippen LogP contribution in [0.4, 0.5) is 0 Å². The van der Waals surface area contributed by atoms with Crippen molar-refractivity contribution in [3.8, 4) is 28.1 Å². The van der Waals surface area contributed by atoms with Crippen LogP contribution in [0.25, 0.3) is 27.9 Å². The topological polar surface area (TPSA) is 37.5 Å². The Labute approximate surface area is 140 Å². The molecule has 118 valence electrons. The molecule has 0 atom stereocenters. The molecule has 2 aromatic heterocycles. The highest BCUT2D eigenvalue weighted by Gasteiger charge is 2.22. The Morgan fingerprint density at radius 3 is 2.04 bits per heavy atom. The Balaban J connectivity index is 2.19. The third kappa shape index (κ3) is 2.17. The molecule has 4 rings (SSSR count). The van der Waals surface area contributed by atoms with E-state index in [0.29, 0.717) is 0 Å². The van der Waals surface area contributed by atoms with Gasteiger partial charge in [0, 0.05) is 6.20 Å². The SMILES string of the molecule is Cc1cn2c(-c3ccccc3)c(-c3ccccc3)c(O)c2c(C)n1. The molecule has 0 radical (unpaired) electrons. The fourth-order valence-electron chi connectivity index (χ4n) is 3.34. The van der Waals surface area contributed by atoms with Gasteiger partial charge in [-0.3, -0.25) is 4.98 Å². The molecule has 2 heterocycles. The number of aryl methyl sites for hydroxylation is 2. The van der Waals surface area contributed by atoms with Crippen LogP contribution in [-0.4, -0.2) is 14.5 Å². The minimum atomic E-state index is 0.282. The Morgan fingerprint density at radius 2 is 1.42 bits per heavy atom. The van der Waals surface area contributed by atoms with E-state index in [2.05, 4.69) is 21.5 Å². The fraction of sp³-hybridized carbons (Fsp3) is 0.0952. The second-order valence-corrected chi connectivity index (χ2v) is 5.99. The molecule has 0 saturated carbocycles. The molecule has 3 heteroatoms. The van der Waals surface area contributed by atoms with Crippen molar-refractivity contribution in [3.63, 3.8) is 0 Å². The van der Waals surface area contributed by atoms with Crippen LogP contribution in [0.15, 0.2) is 66.9 Å². The van der Waals surface area contributed by atoms with Gasteiger partial charge in [-0.15, -0.1) is 0 Å². The first-order valence-electron chi connectivity index (χ1n) is 7.99. The van der Waals surface area contributed by atoms with E-state index >= 15 is 0 Å². The number of nitrogens with zero attached hydrogens (tertiary/aromatic N) is 2. The van der Waals surface area contributed by atoms with Gasteiger partial charge in [-0.1, -0.05) is 60.7 Å². The summed E-state index contributed by atoms with van der Waals surface area (Å²) in [4.78, 5) is 4.52. The third-order valence-electron chi connectivity index (χ3n) is 4.29. The Hall–Kier alpha value is -3.07.